The monoisotopic (exact) mass is 374 g/mol. The van der Waals surface area contributed by atoms with Crippen LogP contribution >= 0.6 is 11.3 Å². The molecule has 1 unspecified atom stereocenters. The fourth-order valence-electron chi connectivity index (χ4n) is 3.08. The third kappa shape index (κ3) is 3.99. The Kier molecular flexibility index (Phi) is 5.46. The van der Waals surface area contributed by atoms with Crippen molar-refractivity contribution in [3.8, 4) is 11.5 Å². The summed E-state index contributed by atoms with van der Waals surface area (Å²) < 4.78 is 10.6. The van der Waals surface area contributed by atoms with Crippen molar-refractivity contribution in [2.75, 3.05) is 19.0 Å². The van der Waals surface area contributed by atoms with Gasteiger partial charge in [0.1, 0.15) is 16.5 Å². The van der Waals surface area contributed by atoms with Crippen LogP contribution in [0.2, 0.25) is 0 Å². The van der Waals surface area contributed by atoms with E-state index in [0.29, 0.717) is 28.0 Å². The van der Waals surface area contributed by atoms with E-state index in [0.717, 1.165) is 29.7 Å². The minimum Gasteiger partial charge on any atom is -0.497 e. The predicted molar refractivity (Wildman–Crippen MR) is 101 cm³/mol. The molecule has 0 spiro atoms. The molecule has 7 heteroatoms. The zero-order chi connectivity index (χ0) is 18.7. The van der Waals surface area contributed by atoms with Gasteiger partial charge in [0, 0.05) is 4.88 Å². The minimum absolute atomic E-state index is 0.149. The van der Waals surface area contributed by atoms with E-state index in [9.17, 15) is 9.59 Å². The molecule has 1 aromatic carbocycles. The molecule has 0 saturated carbocycles. The maximum atomic E-state index is 12.3. The Morgan fingerprint density at radius 2 is 1.96 bits per heavy atom. The molecule has 0 saturated heterocycles. The Labute approximate surface area is 156 Å². The van der Waals surface area contributed by atoms with Crippen molar-refractivity contribution in [2.45, 2.75) is 26.2 Å². The summed E-state index contributed by atoms with van der Waals surface area (Å²) in [7, 11) is 1.58. The van der Waals surface area contributed by atoms with Crippen LogP contribution in [0.25, 0.3) is 0 Å². The summed E-state index contributed by atoms with van der Waals surface area (Å²) in [6, 6.07) is 6.97. The van der Waals surface area contributed by atoms with E-state index in [4.69, 9.17) is 15.2 Å². The minimum atomic E-state index is -0.497. The van der Waals surface area contributed by atoms with E-state index in [1.165, 1.54) is 11.3 Å². The third-order valence-electron chi connectivity index (χ3n) is 4.44. The highest BCUT2D eigenvalue weighted by Gasteiger charge is 2.27. The molecule has 3 N–H and O–H groups in total. The van der Waals surface area contributed by atoms with Crippen molar-refractivity contribution in [2.24, 2.45) is 11.7 Å². The van der Waals surface area contributed by atoms with Gasteiger partial charge in [-0.2, -0.15) is 0 Å². The van der Waals surface area contributed by atoms with Crippen LogP contribution in [0.4, 0.5) is 5.00 Å². The Bertz CT molecular complexity index is 814. The number of carbonyl (C=O) groups excluding carboxylic acids is 2. The number of amides is 2. The first kappa shape index (κ1) is 18.3. The van der Waals surface area contributed by atoms with Crippen LogP contribution in [0.5, 0.6) is 11.5 Å². The number of anilines is 1. The SMILES string of the molecule is COc1ccc(OCC(=O)Nc2sc3c(c2C(N)=O)CCC(C)C3)cc1. The average molecular weight is 374 g/mol. The van der Waals surface area contributed by atoms with Crippen LogP contribution in [0.1, 0.15) is 34.1 Å². The van der Waals surface area contributed by atoms with E-state index in [-0.39, 0.29) is 12.5 Å². The number of thiophene rings is 1. The highest BCUT2D eigenvalue weighted by Crippen LogP contribution is 2.39. The Morgan fingerprint density at radius 1 is 1.27 bits per heavy atom. The smallest absolute Gasteiger partial charge is 0.262 e. The van der Waals surface area contributed by atoms with E-state index in [1.807, 2.05) is 0 Å². The van der Waals surface area contributed by atoms with Crippen LogP contribution in [-0.2, 0) is 17.6 Å². The molecule has 1 aliphatic rings. The normalized spacial score (nSPS) is 15.8. The number of nitrogens with one attached hydrogen (secondary N) is 1. The third-order valence-corrected chi connectivity index (χ3v) is 5.61. The van der Waals surface area contributed by atoms with Gasteiger partial charge in [-0.3, -0.25) is 9.59 Å². The average Bonchev–Trinajstić information content (AvgIpc) is 2.97. The molecule has 0 bridgehead atoms. The van der Waals surface area contributed by atoms with Crippen molar-refractivity contribution < 1.29 is 19.1 Å². The molecular weight excluding hydrogens is 352 g/mol. The van der Waals surface area contributed by atoms with Gasteiger partial charge < -0.3 is 20.5 Å². The standard InChI is InChI=1S/C19H22N2O4S/c1-11-3-8-14-15(9-11)26-19(17(14)18(20)23)21-16(22)10-25-13-6-4-12(24-2)5-7-13/h4-7,11H,3,8-10H2,1-2H3,(H2,20,23)(H,21,22). The largest absolute Gasteiger partial charge is 0.497 e. The number of carbonyl (C=O) groups is 2. The van der Waals surface area contributed by atoms with Crippen LogP contribution in [0.3, 0.4) is 0 Å². The highest BCUT2D eigenvalue weighted by atomic mass is 32.1. The molecule has 1 heterocycles. The molecule has 1 atom stereocenters. The second kappa shape index (κ2) is 7.78. The lowest BCUT2D eigenvalue weighted by Crippen LogP contribution is -2.22. The van der Waals surface area contributed by atoms with Gasteiger partial charge in [-0.05, 0) is 55.0 Å². The Morgan fingerprint density at radius 3 is 2.62 bits per heavy atom. The molecule has 1 aliphatic carbocycles. The molecule has 0 radical (unpaired) electrons. The Hall–Kier alpha value is -2.54. The first-order valence-corrected chi connectivity index (χ1v) is 9.30. The van der Waals surface area contributed by atoms with Gasteiger partial charge in [-0.1, -0.05) is 6.92 Å². The lowest BCUT2D eigenvalue weighted by molar-refractivity contribution is -0.118. The van der Waals surface area contributed by atoms with E-state index in [1.54, 1.807) is 31.4 Å². The van der Waals surface area contributed by atoms with Gasteiger partial charge in [0.25, 0.3) is 11.8 Å². The first-order valence-electron chi connectivity index (χ1n) is 8.49. The fourth-order valence-corrected chi connectivity index (χ4v) is 4.52. The van der Waals surface area contributed by atoms with Crippen LogP contribution in [0.15, 0.2) is 24.3 Å². The number of hydrogen-bond donors (Lipinski definition) is 2. The summed E-state index contributed by atoms with van der Waals surface area (Å²) in [5.41, 5.74) is 7.01. The summed E-state index contributed by atoms with van der Waals surface area (Å²) >= 11 is 1.44. The van der Waals surface area contributed by atoms with Gasteiger partial charge in [-0.25, -0.2) is 0 Å². The summed E-state index contributed by atoms with van der Waals surface area (Å²) in [6.45, 7) is 2.04. The number of methoxy groups -OCH3 is 1. The number of primary amides is 1. The summed E-state index contributed by atoms with van der Waals surface area (Å²) in [5, 5.41) is 3.31. The quantitative estimate of drug-likeness (QED) is 0.813. The zero-order valence-corrected chi connectivity index (χ0v) is 15.7. The summed E-state index contributed by atoms with van der Waals surface area (Å²) in [6.07, 6.45) is 2.76. The fraction of sp³-hybridized carbons (Fsp3) is 0.368. The second-order valence-corrected chi connectivity index (χ2v) is 7.54. The predicted octanol–water partition coefficient (Wildman–Crippen LogP) is 3.00. The molecule has 3 rings (SSSR count). The maximum Gasteiger partial charge on any atom is 0.262 e. The Balaban J connectivity index is 1.67. The number of ether oxygens (including phenoxy) is 2. The van der Waals surface area contributed by atoms with Crippen molar-refractivity contribution in [3.63, 3.8) is 0 Å². The zero-order valence-electron chi connectivity index (χ0n) is 14.8. The number of benzene rings is 1. The van der Waals surface area contributed by atoms with Crippen molar-refractivity contribution in [3.05, 3.63) is 40.3 Å². The molecule has 6 nitrogen and oxygen atoms in total. The van der Waals surface area contributed by atoms with Gasteiger partial charge in [0.2, 0.25) is 0 Å². The molecule has 1 aromatic heterocycles. The van der Waals surface area contributed by atoms with E-state index in [2.05, 4.69) is 12.2 Å². The van der Waals surface area contributed by atoms with Crippen LogP contribution < -0.4 is 20.5 Å². The van der Waals surface area contributed by atoms with Gasteiger partial charge in [-0.15, -0.1) is 11.3 Å². The number of rotatable bonds is 6. The van der Waals surface area contributed by atoms with Crippen molar-refractivity contribution in [1.82, 2.24) is 0 Å². The number of hydrogen-bond acceptors (Lipinski definition) is 5. The van der Waals surface area contributed by atoms with Crippen molar-refractivity contribution in [1.29, 1.82) is 0 Å². The topological polar surface area (TPSA) is 90.7 Å². The summed E-state index contributed by atoms with van der Waals surface area (Å²) in [4.78, 5) is 25.3. The lowest BCUT2D eigenvalue weighted by atomic mass is 9.88. The molecule has 138 valence electrons. The second-order valence-electron chi connectivity index (χ2n) is 6.43. The molecule has 2 amide bonds. The van der Waals surface area contributed by atoms with Crippen LogP contribution in [-0.4, -0.2) is 25.5 Å². The molecule has 0 aliphatic heterocycles. The first-order chi connectivity index (χ1) is 12.5. The molecule has 26 heavy (non-hydrogen) atoms. The van der Waals surface area contributed by atoms with E-state index < -0.39 is 5.91 Å². The summed E-state index contributed by atoms with van der Waals surface area (Å²) in [5.74, 6) is 1.03. The van der Waals surface area contributed by atoms with Gasteiger partial charge >= 0.3 is 0 Å². The lowest BCUT2D eigenvalue weighted by Gasteiger charge is -2.18. The van der Waals surface area contributed by atoms with Crippen molar-refractivity contribution >= 4 is 28.2 Å². The van der Waals surface area contributed by atoms with E-state index >= 15 is 0 Å². The van der Waals surface area contributed by atoms with Gasteiger partial charge in [0.05, 0.1) is 12.7 Å². The van der Waals surface area contributed by atoms with Gasteiger partial charge in [0.15, 0.2) is 6.61 Å². The maximum absolute atomic E-state index is 12.3. The van der Waals surface area contributed by atoms with Crippen LogP contribution in [0, 0.1) is 5.92 Å². The number of fused-ring (bicyclic) bond motifs is 1. The highest BCUT2D eigenvalue weighted by molar-refractivity contribution is 7.17. The molecule has 0 fully saturated rings. The molecule has 2 aromatic rings. The number of nitrogens with two attached hydrogens (primary N) is 1. The molecular formula is C19H22N2O4S.